The Morgan fingerprint density at radius 1 is 1.16 bits per heavy atom. The van der Waals surface area contributed by atoms with E-state index in [2.05, 4.69) is 85.3 Å². The van der Waals surface area contributed by atoms with E-state index in [4.69, 9.17) is 11.1 Å². The van der Waals surface area contributed by atoms with Crippen molar-refractivity contribution >= 4 is 29.4 Å². The largest absolute Gasteiger partial charge is 0.384 e. The predicted molar refractivity (Wildman–Crippen MR) is 138 cm³/mol. The first-order valence-electron chi connectivity index (χ1n) is 11.0. The molecule has 0 radical (unpaired) electrons. The molecule has 1 aliphatic rings. The number of hydrogen-bond donors (Lipinski definition) is 2. The monoisotopic (exact) mass is 422 g/mol. The minimum atomic E-state index is 0.0553. The smallest absolute Gasteiger partial charge is 0.125 e. The molecule has 0 saturated heterocycles. The molecule has 1 aliphatic heterocycles. The van der Waals surface area contributed by atoms with E-state index in [9.17, 15) is 0 Å². The predicted octanol–water partition coefficient (Wildman–Crippen LogP) is 6.90. The van der Waals surface area contributed by atoms with Crippen LogP contribution in [0.3, 0.4) is 0 Å². The van der Waals surface area contributed by atoms with Crippen molar-refractivity contribution in [2.45, 2.75) is 32.7 Å². The molecule has 0 fully saturated rings. The van der Waals surface area contributed by atoms with Gasteiger partial charge in [0.05, 0.1) is 5.69 Å². The normalized spacial score (nSPS) is 13.7. The van der Waals surface area contributed by atoms with Gasteiger partial charge in [-0.1, -0.05) is 56.8 Å². The summed E-state index contributed by atoms with van der Waals surface area (Å²) in [5, 5.41) is 8.28. The van der Waals surface area contributed by atoms with Crippen molar-refractivity contribution in [2.24, 2.45) is 5.73 Å². The van der Waals surface area contributed by atoms with Crippen molar-refractivity contribution in [2.75, 3.05) is 4.90 Å². The standard InChI is InChI=1S/C28H30N4/c1-5-10-19(3)32-18-25(27(28(29)30)26(32)6-2)22-14-13-21-15-16-31(20(4)24(21)17-22)23-11-8-7-9-12-23/h6-9,11-19H,2,4-5,10H2,1,3H3,(H3,29,30). The molecule has 4 rings (SSSR count). The topological polar surface area (TPSA) is 58.0 Å². The van der Waals surface area contributed by atoms with E-state index < -0.39 is 0 Å². The maximum absolute atomic E-state index is 8.28. The maximum Gasteiger partial charge on any atom is 0.125 e. The van der Waals surface area contributed by atoms with Crippen LogP contribution >= 0.6 is 0 Å². The van der Waals surface area contributed by atoms with Gasteiger partial charge in [0.1, 0.15) is 5.84 Å². The van der Waals surface area contributed by atoms with Crippen molar-refractivity contribution in [3.63, 3.8) is 0 Å². The highest BCUT2D eigenvalue weighted by atomic mass is 15.1. The summed E-state index contributed by atoms with van der Waals surface area (Å²) in [5.74, 6) is 0.0553. The summed E-state index contributed by atoms with van der Waals surface area (Å²) in [6.07, 6.45) is 10.2. The number of nitrogens with two attached hydrogens (primary N) is 1. The van der Waals surface area contributed by atoms with E-state index >= 15 is 0 Å². The Balaban J connectivity index is 1.82. The van der Waals surface area contributed by atoms with E-state index in [-0.39, 0.29) is 5.84 Å². The molecule has 0 saturated carbocycles. The number of anilines is 1. The Hall–Kier alpha value is -3.79. The van der Waals surface area contributed by atoms with Crippen LogP contribution in [0.15, 0.2) is 74.1 Å². The minimum absolute atomic E-state index is 0.0553. The number of benzene rings is 2. The number of aromatic nitrogens is 1. The number of para-hydroxylation sites is 1. The van der Waals surface area contributed by atoms with Gasteiger partial charge < -0.3 is 15.2 Å². The molecular formula is C28H30N4. The zero-order chi connectivity index (χ0) is 22.8. The average Bonchev–Trinajstić information content (AvgIpc) is 3.20. The first-order chi connectivity index (χ1) is 15.5. The Labute approximate surface area is 190 Å². The van der Waals surface area contributed by atoms with E-state index in [1.165, 1.54) is 0 Å². The fourth-order valence-electron chi connectivity index (χ4n) is 4.50. The van der Waals surface area contributed by atoms with Crippen molar-refractivity contribution in [1.82, 2.24) is 4.57 Å². The van der Waals surface area contributed by atoms with E-state index in [1.807, 2.05) is 24.3 Å². The Bertz CT molecular complexity index is 1210. The molecule has 0 bridgehead atoms. The third-order valence-corrected chi connectivity index (χ3v) is 6.12. The number of nitrogen functional groups attached to an aromatic ring is 1. The first kappa shape index (κ1) is 21.4. The van der Waals surface area contributed by atoms with Gasteiger partial charge in [0.25, 0.3) is 0 Å². The summed E-state index contributed by atoms with van der Waals surface area (Å²) in [4.78, 5) is 2.10. The lowest BCUT2D eigenvalue weighted by molar-refractivity contribution is 0.500. The van der Waals surface area contributed by atoms with E-state index in [0.717, 1.165) is 57.7 Å². The molecule has 0 amide bonds. The molecule has 1 unspecified atom stereocenters. The zero-order valence-electron chi connectivity index (χ0n) is 18.8. The molecule has 2 aromatic carbocycles. The lowest BCUT2D eigenvalue weighted by Crippen LogP contribution is -2.17. The molecule has 0 aliphatic carbocycles. The molecule has 2 heterocycles. The van der Waals surface area contributed by atoms with Gasteiger partial charge in [-0.25, -0.2) is 0 Å². The lowest BCUT2D eigenvalue weighted by Gasteiger charge is -2.28. The number of hydrogen-bond acceptors (Lipinski definition) is 2. The van der Waals surface area contributed by atoms with Crippen molar-refractivity contribution in [3.05, 3.63) is 96.5 Å². The number of rotatable bonds is 7. The molecule has 3 aromatic rings. The first-order valence-corrected chi connectivity index (χ1v) is 11.0. The summed E-state index contributed by atoms with van der Waals surface area (Å²) < 4.78 is 2.20. The highest BCUT2D eigenvalue weighted by Gasteiger charge is 2.22. The SMILES string of the molecule is C=Cc1c(C(=N)N)c(-c2ccc3c(c2)C(=C)N(c2ccccc2)C=C3)cn1C(C)CCC. The third kappa shape index (κ3) is 3.69. The summed E-state index contributed by atoms with van der Waals surface area (Å²) in [5.41, 5.74) is 13.8. The van der Waals surface area contributed by atoms with Crippen LogP contribution in [0.5, 0.6) is 0 Å². The van der Waals surface area contributed by atoms with Gasteiger partial charge in [0.2, 0.25) is 0 Å². The quantitative estimate of drug-likeness (QED) is 0.321. The number of nitrogens with zero attached hydrogens (tertiary/aromatic N) is 2. The Morgan fingerprint density at radius 3 is 2.56 bits per heavy atom. The molecule has 4 heteroatoms. The van der Waals surface area contributed by atoms with Crippen molar-refractivity contribution < 1.29 is 0 Å². The Kier molecular flexibility index (Phi) is 5.87. The van der Waals surface area contributed by atoms with Crippen molar-refractivity contribution in [3.8, 4) is 11.1 Å². The second-order valence-electron chi connectivity index (χ2n) is 8.24. The van der Waals surface area contributed by atoms with Crippen LogP contribution in [-0.4, -0.2) is 10.4 Å². The fourth-order valence-corrected chi connectivity index (χ4v) is 4.50. The van der Waals surface area contributed by atoms with E-state index in [0.29, 0.717) is 6.04 Å². The Morgan fingerprint density at radius 2 is 1.91 bits per heavy atom. The zero-order valence-corrected chi connectivity index (χ0v) is 18.8. The summed E-state index contributed by atoms with van der Waals surface area (Å²) in [7, 11) is 0. The lowest BCUT2D eigenvalue weighted by atomic mass is 9.94. The van der Waals surface area contributed by atoms with Crippen LogP contribution in [0.2, 0.25) is 0 Å². The molecule has 1 aromatic heterocycles. The third-order valence-electron chi connectivity index (χ3n) is 6.12. The highest BCUT2D eigenvalue weighted by molar-refractivity contribution is 6.05. The van der Waals surface area contributed by atoms with Gasteiger partial charge in [-0.2, -0.15) is 0 Å². The molecule has 32 heavy (non-hydrogen) atoms. The molecular weight excluding hydrogens is 392 g/mol. The molecule has 3 N–H and O–H groups in total. The van der Waals surface area contributed by atoms with Gasteiger partial charge in [-0.3, -0.25) is 5.41 Å². The molecule has 162 valence electrons. The summed E-state index contributed by atoms with van der Waals surface area (Å²) in [6.45, 7) is 12.8. The van der Waals surface area contributed by atoms with Gasteiger partial charge >= 0.3 is 0 Å². The van der Waals surface area contributed by atoms with Crippen LogP contribution in [0.25, 0.3) is 29.0 Å². The van der Waals surface area contributed by atoms with Crippen LogP contribution in [0.4, 0.5) is 5.69 Å². The summed E-state index contributed by atoms with van der Waals surface area (Å²) >= 11 is 0. The molecule has 1 atom stereocenters. The second kappa shape index (κ2) is 8.75. The maximum atomic E-state index is 8.28. The molecule has 0 spiro atoms. The van der Waals surface area contributed by atoms with Crippen LogP contribution in [-0.2, 0) is 0 Å². The number of amidine groups is 1. The summed E-state index contributed by atoms with van der Waals surface area (Å²) in [6, 6.07) is 16.9. The van der Waals surface area contributed by atoms with Crippen LogP contribution in [0.1, 0.15) is 55.1 Å². The van der Waals surface area contributed by atoms with E-state index in [1.54, 1.807) is 0 Å². The second-order valence-corrected chi connectivity index (χ2v) is 8.24. The van der Waals surface area contributed by atoms with Gasteiger partial charge in [-0.15, -0.1) is 0 Å². The number of fused-ring (bicyclic) bond motifs is 1. The number of nitrogens with one attached hydrogen (secondary N) is 1. The highest BCUT2D eigenvalue weighted by Crippen LogP contribution is 2.37. The van der Waals surface area contributed by atoms with Crippen LogP contribution < -0.4 is 10.6 Å². The van der Waals surface area contributed by atoms with Gasteiger partial charge in [0, 0.05) is 46.5 Å². The molecule has 4 nitrogen and oxygen atoms in total. The average molecular weight is 423 g/mol. The minimum Gasteiger partial charge on any atom is -0.384 e. The van der Waals surface area contributed by atoms with Crippen molar-refractivity contribution in [1.29, 1.82) is 5.41 Å². The van der Waals surface area contributed by atoms with Gasteiger partial charge in [0.15, 0.2) is 0 Å². The fraction of sp³-hybridized carbons (Fsp3) is 0.179. The van der Waals surface area contributed by atoms with Gasteiger partial charge in [-0.05, 0) is 54.8 Å². The van der Waals surface area contributed by atoms with Crippen LogP contribution in [0, 0.1) is 5.41 Å².